The molecule has 2 aliphatic carbocycles. The Labute approximate surface area is 101 Å². The first-order chi connectivity index (χ1) is 8.13. The van der Waals surface area contributed by atoms with Gasteiger partial charge in [0.25, 0.3) is 0 Å². The van der Waals surface area contributed by atoms with Crippen molar-refractivity contribution < 1.29 is 14.7 Å². The summed E-state index contributed by atoms with van der Waals surface area (Å²) >= 11 is 0. The van der Waals surface area contributed by atoms with Crippen molar-refractivity contribution in [3.63, 3.8) is 0 Å². The standard InChI is InChI=1S/C12H20N2O3/c1-2-7-13(9-3-4-9)12(17)14(8-11(15)16)10-5-6-10/h9-10H,2-8H2,1H3,(H,15,16). The number of nitrogens with zero attached hydrogens (tertiary/aromatic N) is 2. The van der Waals surface area contributed by atoms with E-state index in [9.17, 15) is 9.59 Å². The number of aliphatic carboxylic acids is 1. The number of hydrogen-bond acceptors (Lipinski definition) is 2. The summed E-state index contributed by atoms with van der Waals surface area (Å²) in [7, 11) is 0. The lowest BCUT2D eigenvalue weighted by atomic mass is 10.4. The van der Waals surface area contributed by atoms with Crippen molar-refractivity contribution in [2.24, 2.45) is 0 Å². The molecule has 2 saturated carbocycles. The predicted octanol–water partition coefficient (Wildman–Crippen LogP) is 1.53. The third-order valence-electron chi connectivity index (χ3n) is 3.24. The molecular weight excluding hydrogens is 220 g/mol. The van der Waals surface area contributed by atoms with Crippen LogP contribution < -0.4 is 0 Å². The topological polar surface area (TPSA) is 60.9 Å². The van der Waals surface area contributed by atoms with Gasteiger partial charge < -0.3 is 14.9 Å². The van der Waals surface area contributed by atoms with Gasteiger partial charge >= 0.3 is 12.0 Å². The predicted molar refractivity (Wildman–Crippen MR) is 62.8 cm³/mol. The van der Waals surface area contributed by atoms with Gasteiger partial charge in [0.05, 0.1) is 0 Å². The normalized spacial score (nSPS) is 18.9. The van der Waals surface area contributed by atoms with Crippen LogP contribution in [0.4, 0.5) is 4.79 Å². The molecule has 0 spiro atoms. The van der Waals surface area contributed by atoms with Crippen LogP contribution >= 0.6 is 0 Å². The van der Waals surface area contributed by atoms with Crippen molar-refractivity contribution in [3.05, 3.63) is 0 Å². The molecule has 0 heterocycles. The number of urea groups is 1. The van der Waals surface area contributed by atoms with E-state index in [0.717, 1.165) is 38.6 Å². The lowest BCUT2D eigenvalue weighted by Gasteiger charge is -2.29. The first-order valence-corrected chi connectivity index (χ1v) is 6.42. The maximum absolute atomic E-state index is 12.3. The van der Waals surface area contributed by atoms with Gasteiger partial charge in [-0.05, 0) is 32.1 Å². The first kappa shape index (κ1) is 12.2. The molecule has 5 nitrogen and oxygen atoms in total. The molecule has 0 aromatic heterocycles. The molecule has 0 atom stereocenters. The van der Waals surface area contributed by atoms with E-state index in [-0.39, 0.29) is 18.6 Å². The average molecular weight is 240 g/mol. The fourth-order valence-electron chi connectivity index (χ4n) is 2.11. The minimum Gasteiger partial charge on any atom is -0.480 e. The zero-order valence-corrected chi connectivity index (χ0v) is 10.3. The van der Waals surface area contributed by atoms with E-state index in [0.29, 0.717) is 6.04 Å². The number of amides is 2. The Morgan fingerprint density at radius 1 is 1.12 bits per heavy atom. The highest BCUT2D eigenvalue weighted by Crippen LogP contribution is 2.32. The summed E-state index contributed by atoms with van der Waals surface area (Å²) in [6, 6.07) is 0.452. The maximum Gasteiger partial charge on any atom is 0.323 e. The lowest BCUT2D eigenvalue weighted by molar-refractivity contribution is -0.137. The summed E-state index contributed by atoms with van der Waals surface area (Å²) in [6.07, 6.45) is 4.95. The van der Waals surface area contributed by atoms with E-state index < -0.39 is 5.97 Å². The Kier molecular flexibility index (Phi) is 3.54. The van der Waals surface area contributed by atoms with Crippen LogP contribution in [0.3, 0.4) is 0 Å². The van der Waals surface area contributed by atoms with Crippen LogP contribution in [0, 0.1) is 0 Å². The second-order valence-electron chi connectivity index (χ2n) is 4.96. The van der Waals surface area contributed by atoms with Crippen molar-refractivity contribution in [1.82, 2.24) is 9.80 Å². The Morgan fingerprint density at radius 3 is 2.06 bits per heavy atom. The monoisotopic (exact) mass is 240 g/mol. The fraction of sp³-hybridized carbons (Fsp3) is 0.833. The van der Waals surface area contributed by atoms with E-state index >= 15 is 0 Å². The Balaban J connectivity index is 1.99. The van der Waals surface area contributed by atoms with Crippen LogP contribution in [-0.4, -0.2) is 52.1 Å². The molecule has 2 rings (SSSR count). The van der Waals surface area contributed by atoms with E-state index in [2.05, 4.69) is 0 Å². The third kappa shape index (κ3) is 3.11. The Bertz CT molecular complexity index is 311. The lowest BCUT2D eigenvalue weighted by Crippen LogP contribution is -2.47. The van der Waals surface area contributed by atoms with Crippen molar-refractivity contribution in [3.8, 4) is 0 Å². The van der Waals surface area contributed by atoms with Crippen LogP contribution in [0.15, 0.2) is 0 Å². The van der Waals surface area contributed by atoms with E-state index in [1.165, 1.54) is 4.90 Å². The summed E-state index contributed by atoms with van der Waals surface area (Å²) in [5.74, 6) is -0.919. The van der Waals surface area contributed by atoms with Gasteiger partial charge in [-0.25, -0.2) is 4.79 Å². The quantitative estimate of drug-likeness (QED) is 0.766. The summed E-state index contributed by atoms with van der Waals surface area (Å²) in [5, 5.41) is 8.86. The number of hydrogen-bond donors (Lipinski definition) is 1. The van der Waals surface area contributed by atoms with Crippen LogP contribution in [0.1, 0.15) is 39.0 Å². The van der Waals surface area contributed by atoms with Gasteiger partial charge in [0.2, 0.25) is 0 Å². The van der Waals surface area contributed by atoms with Crippen molar-refractivity contribution in [2.75, 3.05) is 13.1 Å². The molecule has 2 amide bonds. The van der Waals surface area contributed by atoms with Crippen LogP contribution in [0.25, 0.3) is 0 Å². The third-order valence-corrected chi connectivity index (χ3v) is 3.24. The molecule has 17 heavy (non-hydrogen) atoms. The molecule has 0 saturated heterocycles. The molecule has 1 N–H and O–H groups in total. The second-order valence-corrected chi connectivity index (χ2v) is 4.96. The number of carboxylic acids is 1. The molecule has 0 aromatic rings. The minimum absolute atomic E-state index is 0.0701. The minimum atomic E-state index is -0.919. The molecule has 0 unspecified atom stereocenters. The molecule has 0 radical (unpaired) electrons. The van der Waals surface area contributed by atoms with Crippen molar-refractivity contribution in [1.29, 1.82) is 0 Å². The zero-order chi connectivity index (χ0) is 12.4. The van der Waals surface area contributed by atoms with Gasteiger partial charge in [0, 0.05) is 18.6 Å². The van der Waals surface area contributed by atoms with Gasteiger partial charge in [0.1, 0.15) is 6.54 Å². The number of carbonyl (C=O) groups is 2. The maximum atomic E-state index is 12.3. The summed E-state index contributed by atoms with van der Waals surface area (Å²) in [6.45, 7) is 2.63. The molecule has 5 heteroatoms. The number of carboxylic acid groups (broad SMARTS) is 1. The van der Waals surface area contributed by atoms with Gasteiger partial charge in [-0.15, -0.1) is 0 Å². The highest BCUT2D eigenvalue weighted by molar-refractivity contribution is 5.81. The van der Waals surface area contributed by atoms with Gasteiger partial charge in [0.15, 0.2) is 0 Å². The Morgan fingerprint density at radius 2 is 1.65 bits per heavy atom. The molecule has 0 aliphatic heterocycles. The Hall–Kier alpha value is -1.26. The second kappa shape index (κ2) is 4.94. The summed E-state index contributed by atoms with van der Waals surface area (Å²) < 4.78 is 0. The number of rotatable bonds is 6. The van der Waals surface area contributed by atoms with E-state index in [4.69, 9.17) is 5.11 Å². The molecule has 0 bridgehead atoms. The molecule has 0 aromatic carbocycles. The van der Waals surface area contributed by atoms with Crippen molar-refractivity contribution in [2.45, 2.75) is 51.1 Å². The molecule has 96 valence electrons. The molecular formula is C12H20N2O3. The zero-order valence-electron chi connectivity index (χ0n) is 10.3. The average Bonchev–Trinajstić information content (AvgIpc) is 3.14. The van der Waals surface area contributed by atoms with Crippen LogP contribution in [-0.2, 0) is 4.79 Å². The summed E-state index contributed by atoms with van der Waals surface area (Å²) in [5.41, 5.74) is 0. The molecule has 2 aliphatic rings. The summed E-state index contributed by atoms with van der Waals surface area (Å²) in [4.78, 5) is 26.5. The van der Waals surface area contributed by atoms with E-state index in [1.54, 1.807) is 0 Å². The van der Waals surface area contributed by atoms with Gasteiger partial charge in [-0.2, -0.15) is 0 Å². The van der Waals surface area contributed by atoms with Gasteiger partial charge in [-0.1, -0.05) is 6.92 Å². The fourth-order valence-corrected chi connectivity index (χ4v) is 2.11. The highest BCUT2D eigenvalue weighted by Gasteiger charge is 2.40. The van der Waals surface area contributed by atoms with Crippen LogP contribution in [0.2, 0.25) is 0 Å². The smallest absolute Gasteiger partial charge is 0.323 e. The van der Waals surface area contributed by atoms with Gasteiger partial charge in [-0.3, -0.25) is 4.79 Å². The largest absolute Gasteiger partial charge is 0.480 e. The SMILES string of the molecule is CCCN(C(=O)N(CC(=O)O)C1CC1)C1CC1. The molecule has 2 fully saturated rings. The number of carbonyl (C=O) groups excluding carboxylic acids is 1. The van der Waals surface area contributed by atoms with E-state index in [1.807, 2.05) is 11.8 Å². The van der Waals surface area contributed by atoms with Crippen molar-refractivity contribution >= 4 is 12.0 Å². The van der Waals surface area contributed by atoms with Crippen LogP contribution in [0.5, 0.6) is 0 Å². The first-order valence-electron chi connectivity index (χ1n) is 6.42. The highest BCUT2D eigenvalue weighted by atomic mass is 16.4.